The molecule has 202 valence electrons. The highest BCUT2D eigenvalue weighted by molar-refractivity contribution is 5.90. The van der Waals surface area contributed by atoms with Crippen LogP contribution in [0.3, 0.4) is 0 Å². The van der Waals surface area contributed by atoms with Gasteiger partial charge in [0.1, 0.15) is 5.82 Å². The number of carbonyl (C=O) groups excluding carboxylic acids is 1. The third-order valence-corrected chi connectivity index (χ3v) is 7.10. The molecule has 0 N–H and O–H groups in total. The monoisotopic (exact) mass is 527 g/mol. The van der Waals surface area contributed by atoms with E-state index in [9.17, 15) is 18.0 Å². The molecule has 0 saturated carbocycles. The average Bonchev–Trinajstić information content (AvgIpc) is 2.94. The van der Waals surface area contributed by atoms with Crippen molar-refractivity contribution in [3.8, 4) is 11.5 Å². The normalized spacial score (nSPS) is 15.2. The predicted octanol–water partition coefficient (Wildman–Crippen LogP) is 6.21. The second-order valence-corrected chi connectivity index (χ2v) is 9.44. The molecule has 1 atom stereocenters. The Morgan fingerprint density at radius 3 is 2.26 bits per heavy atom. The first kappa shape index (κ1) is 27.5. The summed E-state index contributed by atoms with van der Waals surface area (Å²) in [6, 6.07) is 15.3. The van der Waals surface area contributed by atoms with Gasteiger partial charge in [-0.25, -0.2) is 18.0 Å². The number of nitrogens with zero attached hydrogens (tertiary/aromatic N) is 1. The van der Waals surface area contributed by atoms with Crippen molar-refractivity contribution in [2.24, 2.45) is 5.92 Å². The number of esters is 1. The highest BCUT2D eigenvalue weighted by Crippen LogP contribution is 2.38. The number of hydrogen-bond acceptors (Lipinski definition) is 5. The molecule has 3 aromatic rings. The Bertz CT molecular complexity index is 1230. The van der Waals surface area contributed by atoms with Crippen LogP contribution in [0.15, 0.2) is 60.7 Å². The summed E-state index contributed by atoms with van der Waals surface area (Å²) in [6.07, 6.45) is 2.56. The second-order valence-electron chi connectivity index (χ2n) is 9.44. The van der Waals surface area contributed by atoms with Gasteiger partial charge < -0.3 is 19.1 Å². The fraction of sp³-hybridized carbons (Fsp3) is 0.367. The minimum atomic E-state index is -0.874. The van der Waals surface area contributed by atoms with Crippen LogP contribution < -0.4 is 9.47 Å². The van der Waals surface area contributed by atoms with Crippen molar-refractivity contribution in [2.75, 3.05) is 40.5 Å². The van der Waals surface area contributed by atoms with Crippen molar-refractivity contribution in [1.82, 2.24) is 4.90 Å². The molecule has 0 spiro atoms. The van der Waals surface area contributed by atoms with Gasteiger partial charge in [-0.05, 0) is 91.9 Å². The second kappa shape index (κ2) is 12.8. The highest BCUT2D eigenvalue weighted by atomic mass is 19.2. The van der Waals surface area contributed by atoms with E-state index in [-0.39, 0.29) is 17.7 Å². The van der Waals surface area contributed by atoms with Gasteiger partial charge in [0.2, 0.25) is 0 Å². The first-order valence-corrected chi connectivity index (χ1v) is 12.7. The number of piperidine rings is 1. The van der Waals surface area contributed by atoms with E-state index in [1.165, 1.54) is 32.4 Å². The lowest BCUT2D eigenvalue weighted by atomic mass is 9.76. The molecule has 0 aromatic heterocycles. The van der Waals surface area contributed by atoms with Gasteiger partial charge in [0.25, 0.3) is 0 Å². The molecule has 1 aliphatic heterocycles. The summed E-state index contributed by atoms with van der Waals surface area (Å²) in [5.41, 5.74) is 1.99. The Morgan fingerprint density at radius 2 is 1.61 bits per heavy atom. The largest absolute Gasteiger partial charge is 0.493 e. The number of rotatable bonds is 10. The number of methoxy groups -OCH3 is 2. The molecule has 3 aromatic carbocycles. The van der Waals surface area contributed by atoms with Crippen LogP contribution >= 0.6 is 0 Å². The van der Waals surface area contributed by atoms with E-state index in [0.717, 1.165) is 50.5 Å². The van der Waals surface area contributed by atoms with Gasteiger partial charge in [0.05, 0.1) is 26.4 Å². The SMILES string of the molecule is COC(=O)c1ccc(OCCCN2CCC(C(c3ccc(F)cc3)c3ccc(F)c(F)c3)CC2)c(OC)c1. The smallest absolute Gasteiger partial charge is 0.337 e. The molecule has 1 unspecified atom stereocenters. The molecule has 0 amide bonds. The van der Waals surface area contributed by atoms with Crippen LogP contribution in [0.5, 0.6) is 11.5 Å². The van der Waals surface area contributed by atoms with E-state index in [1.54, 1.807) is 36.4 Å². The van der Waals surface area contributed by atoms with Gasteiger partial charge in [-0.1, -0.05) is 18.2 Å². The maximum absolute atomic E-state index is 14.1. The van der Waals surface area contributed by atoms with Crippen molar-refractivity contribution in [2.45, 2.75) is 25.2 Å². The third-order valence-electron chi connectivity index (χ3n) is 7.10. The first-order chi connectivity index (χ1) is 18.4. The van der Waals surface area contributed by atoms with E-state index in [1.807, 2.05) is 0 Å². The molecular formula is C30H32F3NO4. The molecule has 1 aliphatic rings. The van der Waals surface area contributed by atoms with E-state index in [2.05, 4.69) is 4.90 Å². The Kier molecular flexibility index (Phi) is 9.29. The summed E-state index contributed by atoms with van der Waals surface area (Å²) < 4.78 is 57.2. The molecule has 1 heterocycles. The number of carbonyl (C=O) groups is 1. The first-order valence-electron chi connectivity index (χ1n) is 12.7. The van der Waals surface area contributed by atoms with E-state index < -0.39 is 17.6 Å². The lowest BCUT2D eigenvalue weighted by Crippen LogP contribution is -2.37. The third kappa shape index (κ3) is 6.67. The van der Waals surface area contributed by atoms with Crippen LogP contribution in [0.2, 0.25) is 0 Å². The topological polar surface area (TPSA) is 48.0 Å². The summed E-state index contributed by atoms with van der Waals surface area (Å²) in [5.74, 6) is -1.40. The van der Waals surface area contributed by atoms with Crippen LogP contribution in [0, 0.1) is 23.4 Å². The van der Waals surface area contributed by atoms with Gasteiger partial charge in [0, 0.05) is 12.5 Å². The van der Waals surface area contributed by atoms with Crippen molar-refractivity contribution >= 4 is 5.97 Å². The van der Waals surface area contributed by atoms with Crippen molar-refractivity contribution in [3.63, 3.8) is 0 Å². The zero-order valence-corrected chi connectivity index (χ0v) is 21.6. The molecule has 1 fully saturated rings. The van der Waals surface area contributed by atoms with Crippen LogP contribution in [0.4, 0.5) is 13.2 Å². The predicted molar refractivity (Wildman–Crippen MR) is 138 cm³/mol. The fourth-order valence-corrected chi connectivity index (χ4v) is 5.12. The van der Waals surface area contributed by atoms with Crippen LogP contribution in [-0.2, 0) is 4.74 Å². The molecule has 4 rings (SSSR count). The summed E-state index contributed by atoms with van der Waals surface area (Å²) in [6.45, 7) is 3.06. The van der Waals surface area contributed by atoms with Crippen LogP contribution in [0.1, 0.15) is 46.7 Å². The Labute approximate surface area is 221 Å². The Hall–Kier alpha value is -3.52. The molecule has 1 saturated heterocycles. The van der Waals surface area contributed by atoms with Gasteiger partial charge in [0.15, 0.2) is 23.1 Å². The van der Waals surface area contributed by atoms with Crippen LogP contribution in [-0.4, -0.2) is 51.3 Å². The molecule has 8 heteroatoms. The minimum Gasteiger partial charge on any atom is -0.493 e. The Balaban J connectivity index is 1.32. The highest BCUT2D eigenvalue weighted by Gasteiger charge is 2.29. The molecule has 38 heavy (non-hydrogen) atoms. The van der Waals surface area contributed by atoms with E-state index in [0.29, 0.717) is 29.2 Å². The van der Waals surface area contributed by atoms with Gasteiger partial charge >= 0.3 is 5.97 Å². The van der Waals surface area contributed by atoms with Crippen molar-refractivity contribution in [1.29, 1.82) is 0 Å². The quantitative estimate of drug-likeness (QED) is 0.232. The Morgan fingerprint density at radius 1 is 0.895 bits per heavy atom. The average molecular weight is 528 g/mol. The molecule has 0 bridgehead atoms. The lowest BCUT2D eigenvalue weighted by Gasteiger charge is -2.36. The molecule has 0 aliphatic carbocycles. The van der Waals surface area contributed by atoms with Crippen molar-refractivity contribution < 1.29 is 32.2 Å². The summed E-state index contributed by atoms with van der Waals surface area (Å²) >= 11 is 0. The fourth-order valence-electron chi connectivity index (χ4n) is 5.12. The molecule has 0 radical (unpaired) electrons. The number of benzene rings is 3. The van der Waals surface area contributed by atoms with Gasteiger partial charge in [-0.3, -0.25) is 0 Å². The van der Waals surface area contributed by atoms with Gasteiger partial charge in [-0.15, -0.1) is 0 Å². The van der Waals surface area contributed by atoms with Gasteiger partial charge in [-0.2, -0.15) is 0 Å². The lowest BCUT2D eigenvalue weighted by molar-refractivity contribution is 0.0600. The number of likely N-dealkylation sites (tertiary alicyclic amines) is 1. The standard InChI is InChI=1S/C30H32F3NO4/c1-36-28-19-23(30(35)37-2)7-11-27(28)38-17-3-14-34-15-12-21(13-16-34)29(20-4-8-24(31)9-5-20)22-6-10-25(32)26(33)18-22/h4-11,18-19,21,29H,3,12-17H2,1-2H3. The van der Waals surface area contributed by atoms with Crippen LogP contribution in [0.25, 0.3) is 0 Å². The summed E-state index contributed by atoms with van der Waals surface area (Å²) in [4.78, 5) is 14.1. The maximum atomic E-state index is 14.1. The molecule has 5 nitrogen and oxygen atoms in total. The number of ether oxygens (including phenoxy) is 3. The number of hydrogen-bond donors (Lipinski definition) is 0. The zero-order chi connectivity index (χ0) is 27.1. The van der Waals surface area contributed by atoms with Crippen molar-refractivity contribution in [3.05, 3.63) is 94.8 Å². The zero-order valence-electron chi connectivity index (χ0n) is 21.6. The number of halogens is 3. The maximum Gasteiger partial charge on any atom is 0.337 e. The van der Waals surface area contributed by atoms with E-state index in [4.69, 9.17) is 14.2 Å². The molecular weight excluding hydrogens is 495 g/mol. The minimum absolute atomic E-state index is 0.142. The summed E-state index contributed by atoms with van der Waals surface area (Å²) in [7, 11) is 2.85. The summed E-state index contributed by atoms with van der Waals surface area (Å²) in [5, 5.41) is 0. The van der Waals surface area contributed by atoms with E-state index >= 15 is 0 Å².